The van der Waals surface area contributed by atoms with Gasteiger partial charge in [-0.3, -0.25) is 0 Å². The van der Waals surface area contributed by atoms with Gasteiger partial charge in [0.05, 0.1) is 10.5 Å². The minimum atomic E-state index is 0.255. The predicted octanol–water partition coefficient (Wildman–Crippen LogP) is 3.57. The van der Waals surface area contributed by atoms with Crippen LogP contribution in [0.25, 0.3) is 0 Å². The van der Waals surface area contributed by atoms with Gasteiger partial charge in [-0.1, -0.05) is 0 Å². The number of nitrogens with one attached hydrogen (secondary N) is 1. The van der Waals surface area contributed by atoms with Gasteiger partial charge in [-0.25, -0.2) is 15.0 Å². The van der Waals surface area contributed by atoms with Gasteiger partial charge in [0.2, 0.25) is 5.95 Å². The SMILES string of the molecule is Cc1csc(C(Nc2ncc(Br)cn2)C2CC2)n1. The molecule has 18 heavy (non-hydrogen) atoms. The zero-order valence-corrected chi connectivity index (χ0v) is 12.3. The molecule has 2 aromatic heterocycles. The molecule has 4 nitrogen and oxygen atoms in total. The molecule has 0 aromatic carbocycles. The highest BCUT2D eigenvalue weighted by Gasteiger charge is 2.34. The number of nitrogens with zero attached hydrogens (tertiary/aromatic N) is 3. The van der Waals surface area contributed by atoms with Gasteiger partial charge in [0, 0.05) is 23.5 Å². The van der Waals surface area contributed by atoms with Crippen LogP contribution in [0.15, 0.2) is 22.2 Å². The minimum Gasteiger partial charge on any atom is -0.345 e. The maximum absolute atomic E-state index is 4.58. The van der Waals surface area contributed by atoms with Crippen molar-refractivity contribution in [3.8, 4) is 0 Å². The fraction of sp³-hybridized carbons (Fsp3) is 0.417. The summed E-state index contributed by atoms with van der Waals surface area (Å²) >= 11 is 5.05. The topological polar surface area (TPSA) is 50.7 Å². The van der Waals surface area contributed by atoms with Crippen molar-refractivity contribution < 1.29 is 0 Å². The van der Waals surface area contributed by atoms with E-state index in [0.717, 1.165) is 15.2 Å². The van der Waals surface area contributed by atoms with E-state index < -0.39 is 0 Å². The summed E-state index contributed by atoms with van der Waals surface area (Å²) in [6.45, 7) is 2.03. The first-order valence-corrected chi connectivity index (χ1v) is 7.56. The number of aromatic nitrogens is 3. The van der Waals surface area contributed by atoms with Crippen molar-refractivity contribution in [1.82, 2.24) is 15.0 Å². The van der Waals surface area contributed by atoms with Crippen LogP contribution < -0.4 is 5.32 Å². The zero-order valence-electron chi connectivity index (χ0n) is 9.93. The standard InChI is InChI=1S/C12H13BrN4S/c1-7-6-18-11(16-7)10(8-2-3-8)17-12-14-4-9(13)5-15-12/h4-6,8,10H,2-3H2,1H3,(H,14,15,17). The number of thiazole rings is 1. The van der Waals surface area contributed by atoms with Crippen LogP contribution in [0.1, 0.15) is 29.6 Å². The molecule has 1 atom stereocenters. The van der Waals surface area contributed by atoms with E-state index in [-0.39, 0.29) is 6.04 Å². The second-order valence-corrected chi connectivity index (χ2v) is 6.32. The summed E-state index contributed by atoms with van der Waals surface area (Å²) in [4.78, 5) is 13.1. The Hall–Kier alpha value is -1.01. The van der Waals surface area contributed by atoms with Crippen molar-refractivity contribution in [2.45, 2.75) is 25.8 Å². The third kappa shape index (κ3) is 2.70. The molecule has 94 valence electrons. The summed E-state index contributed by atoms with van der Waals surface area (Å²) in [7, 11) is 0. The Kier molecular flexibility index (Phi) is 3.30. The van der Waals surface area contributed by atoms with Gasteiger partial charge in [0.25, 0.3) is 0 Å². The summed E-state index contributed by atoms with van der Waals surface area (Å²) in [5.41, 5.74) is 1.08. The van der Waals surface area contributed by atoms with E-state index in [1.165, 1.54) is 12.8 Å². The smallest absolute Gasteiger partial charge is 0.223 e. The number of hydrogen-bond donors (Lipinski definition) is 1. The van der Waals surface area contributed by atoms with Crippen LogP contribution >= 0.6 is 27.3 Å². The molecule has 0 aliphatic heterocycles. The molecule has 1 saturated carbocycles. The van der Waals surface area contributed by atoms with Gasteiger partial charge in [-0.15, -0.1) is 11.3 Å². The van der Waals surface area contributed by atoms with Crippen LogP contribution in [0.4, 0.5) is 5.95 Å². The normalized spacial score (nSPS) is 16.6. The number of rotatable bonds is 4. The molecule has 1 aliphatic carbocycles. The Balaban J connectivity index is 1.80. The molecule has 0 radical (unpaired) electrons. The number of aryl methyl sites for hydroxylation is 1. The summed E-state index contributed by atoms with van der Waals surface area (Å²) in [6.07, 6.45) is 6.03. The molecular weight excluding hydrogens is 312 g/mol. The number of anilines is 1. The maximum Gasteiger partial charge on any atom is 0.223 e. The second kappa shape index (κ2) is 4.93. The Bertz CT molecular complexity index is 535. The van der Waals surface area contributed by atoms with E-state index in [1.54, 1.807) is 23.7 Å². The Morgan fingerprint density at radius 1 is 1.39 bits per heavy atom. The zero-order chi connectivity index (χ0) is 12.5. The Labute approximate surface area is 118 Å². The van der Waals surface area contributed by atoms with Crippen molar-refractivity contribution in [3.63, 3.8) is 0 Å². The van der Waals surface area contributed by atoms with Crippen molar-refractivity contribution in [1.29, 1.82) is 0 Å². The van der Waals surface area contributed by atoms with Gasteiger partial charge in [0.1, 0.15) is 5.01 Å². The molecule has 3 rings (SSSR count). The van der Waals surface area contributed by atoms with E-state index in [1.807, 2.05) is 6.92 Å². The molecule has 0 bridgehead atoms. The van der Waals surface area contributed by atoms with Crippen LogP contribution in [-0.4, -0.2) is 15.0 Å². The van der Waals surface area contributed by atoms with Crippen molar-refractivity contribution in [3.05, 3.63) is 32.9 Å². The van der Waals surface area contributed by atoms with Crippen LogP contribution in [0.5, 0.6) is 0 Å². The molecule has 2 heterocycles. The van der Waals surface area contributed by atoms with Gasteiger partial charge >= 0.3 is 0 Å². The fourth-order valence-electron chi connectivity index (χ4n) is 1.85. The monoisotopic (exact) mass is 324 g/mol. The average Bonchev–Trinajstić information content (AvgIpc) is 3.11. The largest absolute Gasteiger partial charge is 0.345 e. The van der Waals surface area contributed by atoms with E-state index in [0.29, 0.717) is 11.9 Å². The van der Waals surface area contributed by atoms with Crippen molar-refractivity contribution >= 4 is 33.2 Å². The third-order valence-corrected chi connectivity index (χ3v) is 4.36. The Morgan fingerprint density at radius 2 is 2.11 bits per heavy atom. The quantitative estimate of drug-likeness (QED) is 0.934. The van der Waals surface area contributed by atoms with Gasteiger partial charge in [0.15, 0.2) is 0 Å². The van der Waals surface area contributed by atoms with Gasteiger partial charge in [-0.05, 0) is 41.6 Å². The highest BCUT2D eigenvalue weighted by molar-refractivity contribution is 9.10. The molecule has 1 fully saturated rings. The van der Waals surface area contributed by atoms with Crippen LogP contribution in [-0.2, 0) is 0 Å². The lowest BCUT2D eigenvalue weighted by Gasteiger charge is -2.15. The first-order valence-electron chi connectivity index (χ1n) is 5.88. The van der Waals surface area contributed by atoms with E-state index in [2.05, 4.69) is 41.6 Å². The van der Waals surface area contributed by atoms with Crippen molar-refractivity contribution in [2.75, 3.05) is 5.32 Å². The average molecular weight is 325 g/mol. The first kappa shape index (κ1) is 12.0. The molecule has 0 spiro atoms. The van der Waals surface area contributed by atoms with Crippen LogP contribution in [0.2, 0.25) is 0 Å². The molecule has 1 aliphatic rings. The summed E-state index contributed by atoms with van der Waals surface area (Å²) < 4.78 is 0.890. The molecule has 6 heteroatoms. The van der Waals surface area contributed by atoms with Gasteiger partial charge < -0.3 is 5.32 Å². The van der Waals surface area contributed by atoms with Crippen molar-refractivity contribution in [2.24, 2.45) is 5.92 Å². The lowest BCUT2D eigenvalue weighted by atomic mass is 10.2. The molecular formula is C12H13BrN4S. The number of hydrogen-bond acceptors (Lipinski definition) is 5. The van der Waals surface area contributed by atoms with Gasteiger partial charge in [-0.2, -0.15) is 0 Å². The van der Waals surface area contributed by atoms with Crippen LogP contribution in [0, 0.1) is 12.8 Å². The van der Waals surface area contributed by atoms with E-state index >= 15 is 0 Å². The van der Waals surface area contributed by atoms with E-state index in [9.17, 15) is 0 Å². The molecule has 0 saturated heterocycles. The maximum atomic E-state index is 4.58. The summed E-state index contributed by atoms with van der Waals surface area (Å²) in [5.74, 6) is 1.34. The molecule has 1 N–H and O–H groups in total. The first-order chi connectivity index (χ1) is 8.72. The highest BCUT2D eigenvalue weighted by Crippen LogP contribution is 2.43. The lowest BCUT2D eigenvalue weighted by molar-refractivity contribution is 0.664. The summed E-state index contributed by atoms with van der Waals surface area (Å²) in [6, 6.07) is 0.255. The van der Waals surface area contributed by atoms with E-state index in [4.69, 9.17) is 0 Å². The number of halogens is 1. The summed E-state index contributed by atoms with van der Waals surface area (Å²) in [5, 5.41) is 6.64. The molecule has 1 unspecified atom stereocenters. The molecule has 2 aromatic rings. The van der Waals surface area contributed by atoms with Crippen LogP contribution in [0.3, 0.4) is 0 Å². The lowest BCUT2D eigenvalue weighted by Crippen LogP contribution is -2.14. The fourth-order valence-corrected chi connectivity index (χ4v) is 3.00. The molecule has 0 amide bonds. The predicted molar refractivity (Wildman–Crippen MR) is 75.7 cm³/mol. The Morgan fingerprint density at radius 3 is 2.67 bits per heavy atom. The second-order valence-electron chi connectivity index (χ2n) is 4.51. The minimum absolute atomic E-state index is 0.255. The third-order valence-electron chi connectivity index (χ3n) is 2.90. The highest BCUT2D eigenvalue weighted by atomic mass is 79.9.